The summed E-state index contributed by atoms with van der Waals surface area (Å²) in [5.41, 5.74) is 0.773. The molecular formula is C17H9F3N4O2. The highest BCUT2D eigenvalue weighted by atomic mass is 19.4. The summed E-state index contributed by atoms with van der Waals surface area (Å²) in [5, 5.41) is 12.5. The van der Waals surface area contributed by atoms with Crippen molar-refractivity contribution >= 4 is 5.78 Å². The van der Waals surface area contributed by atoms with Gasteiger partial charge in [-0.1, -0.05) is 35.5 Å². The number of Topliss-reactive ketones (excluding diaryl/α,β-unsaturated/α-hetero) is 1. The van der Waals surface area contributed by atoms with Gasteiger partial charge in [0.15, 0.2) is 11.7 Å². The van der Waals surface area contributed by atoms with Crippen LogP contribution < -0.4 is 0 Å². The van der Waals surface area contributed by atoms with Gasteiger partial charge in [-0.05, 0) is 12.1 Å². The zero-order chi connectivity index (χ0) is 18.7. The molecule has 0 unspecified atom stereocenters. The first-order valence-corrected chi connectivity index (χ1v) is 7.26. The van der Waals surface area contributed by atoms with Crippen molar-refractivity contribution in [3.8, 4) is 17.5 Å². The first-order valence-electron chi connectivity index (χ1n) is 7.26. The highest BCUT2D eigenvalue weighted by molar-refractivity contribution is 6.02. The van der Waals surface area contributed by atoms with Crippen LogP contribution in [0.25, 0.3) is 11.4 Å². The number of carbonyl (C=O) groups excluding carboxylic acids is 1. The molecule has 2 heterocycles. The number of hydrogen-bond acceptors (Lipinski definition) is 6. The highest BCUT2D eigenvalue weighted by Crippen LogP contribution is 2.29. The van der Waals surface area contributed by atoms with Crippen molar-refractivity contribution in [3.63, 3.8) is 0 Å². The van der Waals surface area contributed by atoms with Crippen molar-refractivity contribution < 1.29 is 22.5 Å². The van der Waals surface area contributed by atoms with E-state index in [1.807, 2.05) is 6.07 Å². The third-order valence-corrected chi connectivity index (χ3v) is 3.47. The Morgan fingerprint density at radius 1 is 1.15 bits per heavy atom. The van der Waals surface area contributed by atoms with Gasteiger partial charge in [0.25, 0.3) is 0 Å². The summed E-state index contributed by atoms with van der Waals surface area (Å²) in [7, 11) is 0. The SMILES string of the molecule is N#C[C@H](C(=O)c1ccc(-c2noc(C(F)(F)F)n2)cc1)c1ccccn1. The summed E-state index contributed by atoms with van der Waals surface area (Å²) in [6.45, 7) is 0. The van der Waals surface area contributed by atoms with E-state index >= 15 is 0 Å². The Hall–Kier alpha value is -3.54. The zero-order valence-corrected chi connectivity index (χ0v) is 12.9. The van der Waals surface area contributed by atoms with E-state index in [1.165, 1.54) is 30.5 Å². The van der Waals surface area contributed by atoms with Crippen LogP contribution in [-0.2, 0) is 6.18 Å². The molecule has 6 nitrogen and oxygen atoms in total. The summed E-state index contributed by atoms with van der Waals surface area (Å²) in [6, 6.07) is 12.3. The number of aromatic nitrogens is 3. The molecule has 0 bridgehead atoms. The molecule has 3 rings (SSSR count). The summed E-state index contributed by atoms with van der Waals surface area (Å²) in [5.74, 6) is -3.25. The van der Waals surface area contributed by atoms with Crippen LogP contribution in [0, 0.1) is 11.3 Å². The van der Waals surface area contributed by atoms with Gasteiger partial charge >= 0.3 is 12.1 Å². The lowest BCUT2D eigenvalue weighted by Gasteiger charge is -2.07. The molecule has 3 aromatic rings. The van der Waals surface area contributed by atoms with Gasteiger partial charge in [-0.15, -0.1) is 0 Å². The van der Waals surface area contributed by atoms with E-state index in [0.717, 1.165) is 0 Å². The molecule has 0 aliphatic carbocycles. The smallest absolute Gasteiger partial charge is 0.329 e. The van der Waals surface area contributed by atoms with Crippen molar-refractivity contribution in [1.29, 1.82) is 5.26 Å². The second kappa shape index (κ2) is 6.76. The molecule has 9 heteroatoms. The maximum Gasteiger partial charge on any atom is 0.471 e. The third-order valence-electron chi connectivity index (χ3n) is 3.47. The minimum Gasteiger partial charge on any atom is -0.329 e. The Balaban J connectivity index is 1.84. The molecule has 26 heavy (non-hydrogen) atoms. The van der Waals surface area contributed by atoms with Crippen LogP contribution in [0.2, 0.25) is 0 Å². The highest BCUT2D eigenvalue weighted by Gasteiger charge is 2.38. The fourth-order valence-corrected chi connectivity index (χ4v) is 2.21. The van der Waals surface area contributed by atoms with E-state index in [2.05, 4.69) is 19.6 Å². The van der Waals surface area contributed by atoms with Crippen molar-refractivity contribution in [2.24, 2.45) is 0 Å². The van der Waals surface area contributed by atoms with E-state index in [4.69, 9.17) is 0 Å². The Morgan fingerprint density at radius 2 is 1.88 bits per heavy atom. The van der Waals surface area contributed by atoms with E-state index in [-0.39, 0.29) is 17.0 Å². The third kappa shape index (κ3) is 3.44. The number of halogens is 3. The normalized spacial score (nSPS) is 12.4. The Bertz CT molecular complexity index is 960. The summed E-state index contributed by atoms with van der Waals surface area (Å²) < 4.78 is 41.7. The number of rotatable bonds is 4. The molecule has 0 radical (unpaired) electrons. The predicted octanol–water partition coefficient (Wildman–Crippen LogP) is 3.64. The first-order chi connectivity index (χ1) is 12.4. The van der Waals surface area contributed by atoms with Crippen LogP contribution in [-0.4, -0.2) is 20.9 Å². The van der Waals surface area contributed by atoms with Crippen LogP contribution in [0.5, 0.6) is 0 Å². The Kier molecular flexibility index (Phi) is 4.49. The van der Waals surface area contributed by atoms with Gasteiger partial charge in [-0.2, -0.15) is 23.4 Å². The Morgan fingerprint density at radius 3 is 2.42 bits per heavy atom. The number of alkyl halides is 3. The van der Waals surface area contributed by atoms with E-state index in [0.29, 0.717) is 5.69 Å². The number of carbonyl (C=O) groups is 1. The molecule has 1 atom stereocenters. The fourth-order valence-electron chi connectivity index (χ4n) is 2.21. The fraction of sp³-hybridized carbons (Fsp3) is 0.118. The van der Waals surface area contributed by atoms with Gasteiger partial charge in [0, 0.05) is 17.3 Å². The lowest BCUT2D eigenvalue weighted by atomic mass is 9.95. The predicted molar refractivity (Wildman–Crippen MR) is 81.7 cm³/mol. The van der Waals surface area contributed by atoms with E-state index < -0.39 is 23.8 Å². The molecule has 0 amide bonds. The molecule has 130 valence electrons. The lowest BCUT2D eigenvalue weighted by Crippen LogP contribution is -2.12. The van der Waals surface area contributed by atoms with Crippen LogP contribution in [0.3, 0.4) is 0 Å². The summed E-state index contributed by atoms with van der Waals surface area (Å²) in [6.07, 6.45) is -3.26. The minimum atomic E-state index is -4.73. The second-order valence-corrected chi connectivity index (χ2v) is 5.18. The quantitative estimate of drug-likeness (QED) is 0.661. The van der Waals surface area contributed by atoms with Crippen LogP contribution in [0.1, 0.15) is 27.9 Å². The lowest BCUT2D eigenvalue weighted by molar-refractivity contribution is -0.159. The largest absolute Gasteiger partial charge is 0.471 e. The number of pyridine rings is 1. The number of nitriles is 1. The number of ketones is 1. The monoisotopic (exact) mass is 358 g/mol. The molecule has 2 aromatic heterocycles. The molecule has 0 spiro atoms. The van der Waals surface area contributed by atoms with Crippen molar-refractivity contribution in [2.75, 3.05) is 0 Å². The molecule has 0 saturated carbocycles. The average molecular weight is 358 g/mol. The van der Waals surface area contributed by atoms with Crippen LogP contribution in [0.4, 0.5) is 13.2 Å². The van der Waals surface area contributed by atoms with E-state index in [9.17, 15) is 23.2 Å². The number of hydrogen-bond donors (Lipinski definition) is 0. The van der Waals surface area contributed by atoms with Gasteiger partial charge in [0.05, 0.1) is 11.8 Å². The Labute approximate surface area is 144 Å². The zero-order valence-electron chi connectivity index (χ0n) is 12.9. The van der Waals surface area contributed by atoms with Crippen molar-refractivity contribution in [2.45, 2.75) is 12.1 Å². The van der Waals surface area contributed by atoms with Gasteiger partial charge < -0.3 is 4.52 Å². The van der Waals surface area contributed by atoms with Gasteiger partial charge in [-0.3, -0.25) is 9.78 Å². The number of benzene rings is 1. The van der Waals surface area contributed by atoms with E-state index in [1.54, 1.807) is 18.2 Å². The molecular weight excluding hydrogens is 349 g/mol. The molecule has 0 aliphatic heterocycles. The molecule has 0 saturated heterocycles. The number of nitrogens with zero attached hydrogens (tertiary/aromatic N) is 4. The maximum absolute atomic E-state index is 12.5. The van der Waals surface area contributed by atoms with Crippen molar-refractivity contribution in [1.82, 2.24) is 15.1 Å². The van der Waals surface area contributed by atoms with Crippen LogP contribution in [0.15, 0.2) is 53.2 Å². The standard InChI is InChI=1S/C17H9F3N4O2/c18-17(19,20)16-23-15(24-26-16)11-6-4-10(5-7-11)14(25)12(9-21)13-3-1-2-8-22-13/h1-8,12H/t12-/m0/s1. The summed E-state index contributed by atoms with van der Waals surface area (Å²) >= 11 is 0. The van der Waals surface area contributed by atoms with Gasteiger partial charge in [0.1, 0.15) is 0 Å². The molecule has 0 N–H and O–H groups in total. The average Bonchev–Trinajstić information content (AvgIpc) is 3.14. The summed E-state index contributed by atoms with van der Waals surface area (Å²) in [4.78, 5) is 19.8. The maximum atomic E-state index is 12.5. The second-order valence-electron chi connectivity index (χ2n) is 5.18. The van der Waals surface area contributed by atoms with Gasteiger partial charge in [0.2, 0.25) is 5.82 Å². The molecule has 0 aliphatic rings. The first kappa shape index (κ1) is 17.3. The van der Waals surface area contributed by atoms with Crippen molar-refractivity contribution in [3.05, 3.63) is 65.8 Å². The topological polar surface area (TPSA) is 92.7 Å². The molecule has 1 aromatic carbocycles. The molecule has 0 fully saturated rings. The van der Waals surface area contributed by atoms with Crippen LogP contribution >= 0.6 is 0 Å². The van der Waals surface area contributed by atoms with Gasteiger partial charge in [-0.25, -0.2) is 0 Å². The minimum absolute atomic E-state index is 0.213.